The van der Waals surface area contributed by atoms with Gasteiger partial charge in [-0.05, 0) is 25.1 Å². The van der Waals surface area contributed by atoms with Crippen LogP contribution in [0.1, 0.15) is 29.3 Å². The van der Waals surface area contributed by atoms with E-state index in [1.54, 1.807) is 18.2 Å². The maximum atomic E-state index is 11.3. The predicted molar refractivity (Wildman–Crippen MR) is 60.1 cm³/mol. The van der Waals surface area contributed by atoms with Gasteiger partial charge in [-0.25, -0.2) is 0 Å². The van der Waals surface area contributed by atoms with E-state index in [0.717, 1.165) is 0 Å². The van der Waals surface area contributed by atoms with E-state index < -0.39 is 0 Å². The molecule has 1 aromatic carbocycles. The highest BCUT2D eigenvalue weighted by atomic mass is 16.5. The lowest BCUT2D eigenvalue weighted by Crippen LogP contribution is -2.02. The van der Waals surface area contributed by atoms with Crippen LogP contribution >= 0.6 is 0 Å². The van der Waals surface area contributed by atoms with Crippen LogP contribution in [0, 0.1) is 23.7 Å². The molecule has 0 saturated heterocycles. The van der Waals surface area contributed by atoms with E-state index in [4.69, 9.17) is 16.4 Å². The molecule has 0 saturated carbocycles. The molecule has 0 heterocycles. The van der Waals surface area contributed by atoms with Gasteiger partial charge in [0.2, 0.25) is 0 Å². The van der Waals surface area contributed by atoms with E-state index >= 15 is 0 Å². The first-order valence-corrected chi connectivity index (χ1v) is 4.80. The molecule has 0 radical (unpaired) electrons. The Morgan fingerprint density at radius 3 is 2.88 bits per heavy atom. The molecule has 0 aliphatic rings. The lowest BCUT2D eigenvalue weighted by molar-refractivity contribution is 0.101. The van der Waals surface area contributed by atoms with Crippen molar-refractivity contribution in [1.29, 1.82) is 5.26 Å². The molecule has 3 nitrogen and oxygen atoms in total. The molecule has 0 unspecified atom stereocenters. The fraction of sp³-hybridized carbons (Fsp3) is 0.231. The third-order valence-electron chi connectivity index (χ3n) is 1.99. The summed E-state index contributed by atoms with van der Waals surface area (Å²) < 4.78 is 5.37. The number of hydrogen-bond donors (Lipinski definition) is 0. The molecule has 0 amide bonds. The second-order valence-electron chi connectivity index (χ2n) is 3.18. The SMILES string of the molecule is C#CCCOc1cc(C#N)ccc1C(C)=O. The highest BCUT2D eigenvalue weighted by molar-refractivity contribution is 5.97. The summed E-state index contributed by atoms with van der Waals surface area (Å²) in [6.07, 6.45) is 5.56. The Balaban J connectivity index is 2.98. The second-order valence-corrected chi connectivity index (χ2v) is 3.18. The molecular formula is C13H11NO2. The van der Waals surface area contributed by atoms with Crippen LogP contribution < -0.4 is 4.74 Å². The molecule has 0 N–H and O–H groups in total. The number of benzene rings is 1. The zero-order chi connectivity index (χ0) is 12.0. The maximum Gasteiger partial charge on any atom is 0.163 e. The Kier molecular flexibility index (Phi) is 4.12. The average molecular weight is 213 g/mol. The largest absolute Gasteiger partial charge is 0.492 e. The van der Waals surface area contributed by atoms with Crippen LogP contribution in [0.4, 0.5) is 0 Å². The summed E-state index contributed by atoms with van der Waals surface area (Å²) in [5, 5.41) is 8.74. The predicted octanol–water partition coefficient (Wildman–Crippen LogP) is 2.16. The fourth-order valence-electron chi connectivity index (χ4n) is 1.22. The lowest BCUT2D eigenvalue weighted by atomic mass is 10.1. The first-order chi connectivity index (χ1) is 7.69. The normalized spacial score (nSPS) is 8.94. The van der Waals surface area contributed by atoms with Gasteiger partial charge in [-0.3, -0.25) is 4.79 Å². The van der Waals surface area contributed by atoms with Crippen molar-refractivity contribution in [3.05, 3.63) is 29.3 Å². The number of ketones is 1. The number of Topliss-reactive ketones (excluding diaryl/α,β-unsaturated/α-hetero) is 1. The minimum Gasteiger partial charge on any atom is -0.492 e. The van der Waals surface area contributed by atoms with Gasteiger partial charge < -0.3 is 4.74 Å². The van der Waals surface area contributed by atoms with E-state index in [0.29, 0.717) is 29.9 Å². The zero-order valence-electron chi connectivity index (χ0n) is 8.99. The molecule has 0 aromatic heterocycles. The first kappa shape index (κ1) is 11.8. The molecule has 80 valence electrons. The Hall–Kier alpha value is -2.26. The minimum absolute atomic E-state index is 0.0970. The van der Waals surface area contributed by atoms with Crippen molar-refractivity contribution in [2.24, 2.45) is 0 Å². The van der Waals surface area contributed by atoms with Crippen LogP contribution in [0.25, 0.3) is 0 Å². The van der Waals surface area contributed by atoms with Crippen molar-refractivity contribution >= 4 is 5.78 Å². The summed E-state index contributed by atoms with van der Waals surface area (Å²) >= 11 is 0. The Morgan fingerprint density at radius 2 is 2.31 bits per heavy atom. The van der Waals surface area contributed by atoms with Crippen LogP contribution in [0.2, 0.25) is 0 Å². The Bertz CT molecular complexity index is 478. The number of hydrogen-bond acceptors (Lipinski definition) is 3. The van der Waals surface area contributed by atoms with Crippen molar-refractivity contribution in [3.63, 3.8) is 0 Å². The van der Waals surface area contributed by atoms with Gasteiger partial charge >= 0.3 is 0 Å². The number of carbonyl (C=O) groups is 1. The van der Waals surface area contributed by atoms with Crippen LogP contribution in [-0.2, 0) is 0 Å². The molecule has 1 rings (SSSR count). The van der Waals surface area contributed by atoms with Gasteiger partial charge in [-0.15, -0.1) is 12.3 Å². The van der Waals surface area contributed by atoms with E-state index in [9.17, 15) is 4.79 Å². The van der Waals surface area contributed by atoms with Crippen molar-refractivity contribution < 1.29 is 9.53 Å². The summed E-state index contributed by atoms with van der Waals surface area (Å²) in [5.41, 5.74) is 0.928. The van der Waals surface area contributed by atoms with Gasteiger partial charge in [-0.1, -0.05) is 0 Å². The van der Waals surface area contributed by atoms with Crippen molar-refractivity contribution in [1.82, 2.24) is 0 Å². The van der Waals surface area contributed by atoms with Gasteiger partial charge in [0.1, 0.15) is 5.75 Å². The van der Waals surface area contributed by atoms with Gasteiger partial charge in [0, 0.05) is 6.42 Å². The standard InChI is InChI=1S/C13H11NO2/c1-3-4-7-16-13-8-11(9-14)5-6-12(13)10(2)15/h1,5-6,8H,4,7H2,2H3. The fourth-order valence-corrected chi connectivity index (χ4v) is 1.22. The number of ether oxygens (including phenoxy) is 1. The molecular weight excluding hydrogens is 202 g/mol. The van der Waals surface area contributed by atoms with E-state index in [-0.39, 0.29) is 5.78 Å². The third kappa shape index (κ3) is 2.87. The Labute approximate surface area is 94.7 Å². The lowest BCUT2D eigenvalue weighted by Gasteiger charge is -2.08. The number of rotatable bonds is 4. The molecule has 0 aliphatic carbocycles. The maximum absolute atomic E-state index is 11.3. The van der Waals surface area contributed by atoms with Crippen LogP contribution in [0.15, 0.2) is 18.2 Å². The molecule has 0 aliphatic heterocycles. The highest BCUT2D eigenvalue weighted by Gasteiger charge is 2.09. The molecule has 16 heavy (non-hydrogen) atoms. The first-order valence-electron chi connectivity index (χ1n) is 4.80. The van der Waals surface area contributed by atoms with E-state index in [2.05, 4.69) is 5.92 Å². The van der Waals surface area contributed by atoms with E-state index in [1.807, 2.05) is 6.07 Å². The number of nitrogens with zero attached hydrogens (tertiary/aromatic N) is 1. The molecule has 0 atom stereocenters. The monoisotopic (exact) mass is 213 g/mol. The van der Waals surface area contributed by atoms with E-state index in [1.165, 1.54) is 6.92 Å². The molecule has 1 aromatic rings. The summed E-state index contributed by atoms with van der Waals surface area (Å²) in [6.45, 7) is 1.79. The number of nitriles is 1. The van der Waals surface area contributed by atoms with Gasteiger partial charge in [0.05, 0.1) is 23.8 Å². The van der Waals surface area contributed by atoms with Gasteiger partial charge in [-0.2, -0.15) is 5.26 Å². The molecule has 3 heteroatoms. The summed E-state index contributed by atoms with van der Waals surface area (Å²) in [4.78, 5) is 11.3. The number of terminal acetylenes is 1. The minimum atomic E-state index is -0.0970. The Morgan fingerprint density at radius 1 is 1.56 bits per heavy atom. The van der Waals surface area contributed by atoms with Gasteiger partial charge in [0.15, 0.2) is 5.78 Å². The molecule has 0 spiro atoms. The van der Waals surface area contributed by atoms with Crippen molar-refractivity contribution in [2.45, 2.75) is 13.3 Å². The summed E-state index contributed by atoms with van der Waals surface area (Å²) in [6, 6.07) is 6.72. The molecule has 0 fully saturated rings. The zero-order valence-corrected chi connectivity index (χ0v) is 8.99. The quantitative estimate of drug-likeness (QED) is 0.437. The second kappa shape index (κ2) is 5.58. The molecule has 0 bridgehead atoms. The topological polar surface area (TPSA) is 50.1 Å². The summed E-state index contributed by atoms with van der Waals surface area (Å²) in [7, 11) is 0. The van der Waals surface area contributed by atoms with Crippen molar-refractivity contribution in [2.75, 3.05) is 6.61 Å². The van der Waals surface area contributed by atoms with Gasteiger partial charge in [0.25, 0.3) is 0 Å². The van der Waals surface area contributed by atoms with Crippen LogP contribution in [0.3, 0.4) is 0 Å². The number of carbonyl (C=O) groups excluding carboxylic acids is 1. The summed E-state index contributed by atoms with van der Waals surface area (Å²) in [5.74, 6) is 2.76. The highest BCUT2D eigenvalue weighted by Crippen LogP contribution is 2.21. The third-order valence-corrected chi connectivity index (χ3v) is 1.99. The average Bonchev–Trinajstić information content (AvgIpc) is 2.29. The van der Waals surface area contributed by atoms with Crippen LogP contribution in [-0.4, -0.2) is 12.4 Å². The van der Waals surface area contributed by atoms with Crippen molar-refractivity contribution in [3.8, 4) is 24.2 Å². The van der Waals surface area contributed by atoms with Crippen LogP contribution in [0.5, 0.6) is 5.75 Å². The smallest absolute Gasteiger partial charge is 0.163 e.